The van der Waals surface area contributed by atoms with Gasteiger partial charge in [0.05, 0.1) is 12.0 Å². The van der Waals surface area contributed by atoms with Crippen LogP contribution in [-0.2, 0) is 4.79 Å². The molecule has 20 heavy (non-hydrogen) atoms. The number of nitriles is 1. The number of rotatable bonds is 4. The van der Waals surface area contributed by atoms with Crippen LogP contribution in [0.15, 0.2) is 28.7 Å². The first-order valence-corrected chi connectivity index (χ1v) is 7.64. The number of likely N-dealkylation sites (tertiary alicyclic amines) is 1. The van der Waals surface area contributed by atoms with Crippen molar-refractivity contribution >= 4 is 27.5 Å². The molecular formula is C15H18BrN3O. The number of carbonyl (C=O) groups excluding carboxylic acids is 1. The molecule has 1 aliphatic heterocycles. The van der Waals surface area contributed by atoms with Gasteiger partial charge in [-0.25, -0.2) is 0 Å². The van der Waals surface area contributed by atoms with Gasteiger partial charge in [0.1, 0.15) is 0 Å². The first-order valence-electron chi connectivity index (χ1n) is 6.85. The summed E-state index contributed by atoms with van der Waals surface area (Å²) in [5.74, 6) is 0.0891. The minimum absolute atomic E-state index is 0.0152. The molecule has 0 aliphatic carbocycles. The molecule has 106 valence electrons. The molecular weight excluding hydrogens is 318 g/mol. The van der Waals surface area contributed by atoms with Crippen LogP contribution < -0.4 is 5.32 Å². The molecule has 1 fully saturated rings. The highest BCUT2D eigenvalue weighted by molar-refractivity contribution is 9.10. The van der Waals surface area contributed by atoms with Crippen LogP contribution in [0.4, 0.5) is 5.69 Å². The highest BCUT2D eigenvalue weighted by Crippen LogP contribution is 2.20. The number of hydrogen-bond donors (Lipinski definition) is 1. The molecule has 5 heteroatoms. The average Bonchev–Trinajstić information content (AvgIpc) is 2.45. The van der Waals surface area contributed by atoms with Crippen molar-refractivity contribution in [3.05, 3.63) is 28.7 Å². The van der Waals surface area contributed by atoms with Crippen LogP contribution in [0.5, 0.6) is 0 Å². The molecule has 0 bridgehead atoms. The highest BCUT2D eigenvalue weighted by atomic mass is 79.9. The summed E-state index contributed by atoms with van der Waals surface area (Å²) < 4.78 is 0.953. The Bertz CT molecular complexity index is 512. The molecule has 1 saturated heterocycles. The molecule has 2 rings (SSSR count). The molecule has 0 saturated carbocycles. The van der Waals surface area contributed by atoms with E-state index in [9.17, 15) is 4.79 Å². The number of anilines is 1. The molecule has 0 radical (unpaired) electrons. The Kier molecular flexibility index (Phi) is 5.57. The molecule has 1 heterocycles. The molecule has 1 atom stereocenters. The van der Waals surface area contributed by atoms with Crippen molar-refractivity contribution in [1.29, 1.82) is 5.26 Å². The van der Waals surface area contributed by atoms with Gasteiger partial charge in [0.2, 0.25) is 5.91 Å². The minimum atomic E-state index is 0.0152. The van der Waals surface area contributed by atoms with E-state index >= 15 is 0 Å². The Hall–Kier alpha value is -1.38. The van der Waals surface area contributed by atoms with E-state index in [1.165, 1.54) is 0 Å². The van der Waals surface area contributed by atoms with Gasteiger partial charge in [0, 0.05) is 29.7 Å². The minimum Gasteiger partial charge on any atom is -0.326 e. The lowest BCUT2D eigenvalue weighted by molar-refractivity contribution is -0.121. The molecule has 0 aromatic heterocycles. The van der Waals surface area contributed by atoms with Crippen molar-refractivity contribution in [3.63, 3.8) is 0 Å². The number of hydrogen-bond acceptors (Lipinski definition) is 3. The number of nitrogens with zero attached hydrogens (tertiary/aromatic N) is 2. The van der Waals surface area contributed by atoms with Crippen LogP contribution in [0, 0.1) is 17.2 Å². The Morgan fingerprint density at radius 3 is 3.15 bits per heavy atom. The van der Waals surface area contributed by atoms with Gasteiger partial charge in [-0.15, -0.1) is 0 Å². The summed E-state index contributed by atoms with van der Waals surface area (Å²) in [6.07, 6.45) is 2.46. The van der Waals surface area contributed by atoms with E-state index in [4.69, 9.17) is 5.26 Å². The zero-order chi connectivity index (χ0) is 14.4. The van der Waals surface area contributed by atoms with Gasteiger partial charge in [0.15, 0.2) is 0 Å². The van der Waals surface area contributed by atoms with E-state index in [1.54, 1.807) is 0 Å². The molecule has 1 aromatic rings. The van der Waals surface area contributed by atoms with Crippen molar-refractivity contribution in [2.75, 3.05) is 25.0 Å². The largest absolute Gasteiger partial charge is 0.326 e. The van der Waals surface area contributed by atoms with E-state index < -0.39 is 0 Å². The average molecular weight is 336 g/mol. The van der Waals surface area contributed by atoms with Crippen LogP contribution in [0.2, 0.25) is 0 Å². The first kappa shape index (κ1) is 15.0. The molecule has 1 amide bonds. The lowest BCUT2D eigenvalue weighted by atomic mass is 9.97. The smallest absolute Gasteiger partial charge is 0.228 e. The predicted octanol–water partition coefficient (Wildman–Crippen LogP) is 3.01. The number of carbonyl (C=O) groups is 1. The number of piperidine rings is 1. The lowest BCUT2D eigenvalue weighted by Crippen LogP contribution is -2.41. The second-order valence-electron chi connectivity index (χ2n) is 5.05. The first-order chi connectivity index (χ1) is 9.69. The van der Waals surface area contributed by atoms with Crippen molar-refractivity contribution < 1.29 is 4.79 Å². The second kappa shape index (κ2) is 7.41. The van der Waals surface area contributed by atoms with Crippen molar-refractivity contribution in [2.24, 2.45) is 5.92 Å². The third-order valence-electron chi connectivity index (χ3n) is 3.51. The van der Waals surface area contributed by atoms with Gasteiger partial charge < -0.3 is 10.2 Å². The van der Waals surface area contributed by atoms with Gasteiger partial charge in [-0.3, -0.25) is 4.79 Å². The fourth-order valence-corrected chi connectivity index (χ4v) is 2.89. The third-order valence-corrected chi connectivity index (χ3v) is 4.00. The Morgan fingerprint density at radius 2 is 2.40 bits per heavy atom. The number of benzene rings is 1. The molecule has 4 nitrogen and oxygen atoms in total. The topological polar surface area (TPSA) is 56.1 Å². The summed E-state index contributed by atoms with van der Waals surface area (Å²) in [6.45, 7) is 2.50. The molecule has 1 unspecified atom stereocenters. The maximum Gasteiger partial charge on any atom is 0.228 e. The summed E-state index contributed by atoms with van der Waals surface area (Å²) in [5, 5.41) is 11.6. The lowest BCUT2D eigenvalue weighted by Gasteiger charge is -2.31. The van der Waals surface area contributed by atoms with Crippen molar-refractivity contribution in [2.45, 2.75) is 19.3 Å². The van der Waals surface area contributed by atoms with Crippen molar-refractivity contribution in [1.82, 2.24) is 4.90 Å². The highest BCUT2D eigenvalue weighted by Gasteiger charge is 2.25. The van der Waals surface area contributed by atoms with E-state index in [-0.39, 0.29) is 11.8 Å². The summed E-state index contributed by atoms with van der Waals surface area (Å²) in [5.41, 5.74) is 0.818. The van der Waals surface area contributed by atoms with Crippen LogP contribution in [0.1, 0.15) is 19.3 Å². The van der Waals surface area contributed by atoms with Gasteiger partial charge in [-0.1, -0.05) is 22.0 Å². The van der Waals surface area contributed by atoms with E-state index in [0.29, 0.717) is 6.42 Å². The quantitative estimate of drug-likeness (QED) is 0.920. The molecule has 1 N–H and O–H groups in total. The van der Waals surface area contributed by atoms with Crippen molar-refractivity contribution in [3.8, 4) is 6.07 Å². The Balaban J connectivity index is 1.90. The van der Waals surface area contributed by atoms with Crippen LogP contribution >= 0.6 is 15.9 Å². The summed E-state index contributed by atoms with van der Waals surface area (Å²) in [4.78, 5) is 14.5. The summed E-state index contributed by atoms with van der Waals surface area (Å²) >= 11 is 3.40. The molecule has 0 spiro atoms. The van der Waals surface area contributed by atoms with Gasteiger partial charge in [-0.2, -0.15) is 5.26 Å². The predicted molar refractivity (Wildman–Crippen MR) is 82.2 cm³/mol. The maximum atomic E-state index is 12.3. The van der Waals surface area contributed by atoms with Crippen LogP contribution in [-0.4, -0.2) is 30.4 Å². The summed E-state index contributed by atoms with van der Waals surface area (Å²) in [7, 11) is 0. The van der Waals surface area contributed by atoms with E-state index in [1.807, 2.05) is 24.3 Å². The normalized spacial score (nSPS) is 19.3. The second-order valence-corrected chi connectivity index (χ2v) is 5.96. The maximum absolute atomic E-state index is 12.3. The Labute approximate surface area is 127 Å². The molecule has 1 aliphatic rings. The monoisotopic (exact) mass is 335 g/mol. The fraction of sp³-hybridized carbons (Fsp3) is 0.467. The summed E-state index contributed by atoms with van der Waals surface area (Å²) in [6, 6.07) is 9.78. The van der Waals surface area contributed by atoms with E-state index in [2.05, 4.69) is 32.2 Å². The van der Waals surface area contributed by atoms with Crippen LogP contribution in [0.25, 0.3) is 0 Å². The van der Waals surface area contributed by atoms with Crippen LogP contribution in [0.3, 0.4) is 0 Å². The fourth-order valence-electron chi connectivity index (χ4n) is 2.49. The number of amides is 1. The number of halogens is 1. The Morgan fingerprint density at radius 1 is 1.55 bits per heavy atom. The zero-order valence-corrected chi connectivity index (χ0v) is 12.9. The number of nitrogens with one attached hydrogen (secondary N) is 1. The SMILES string of the molecule is N#CCCN1CCCC(C(=O)Nc2cccc(Br)c2)C1. The van der Waals surface area contributed by atoms with Gasteiger partial charge in [0.25, 0.3) is 0 Å². The molecule has 1 aromatic carbocycles. The standard InChI is InChI=1S/C15H18BrN3O/c16-13-5-1-6-14(10-13)18-15(20)12-4-2-8-19(11-12)9-3-7-17/h1,5-6,10,12H,2-4,8-9,11H2,(H,18,20). The zero-order valence-electron chi connectivity index (χ0n) is 11.3. The van der Waals surface area contributed by atoms with Gasteiger partial charge in [-0.05, 0) is 37.6 Å². The van der Waals surface area contributed by atoms with Gasteiger partial charge >= 0.3 is 0 Å². The van der Waals surface area contributed by atoms with E-state index in [0.717, 1.165) is 42.6 Å². The third kappa shape index (κ3) is 4.32.